The van der Waals surface area contributed by atoms with Crippen LogP contribution in [0.25, 0.3) is 22.7 Å². The van der Waals surface area contributed by atoms with Gasteiger partial charge in [0.25, 0.3) is 0 Å². The molecule has 114 valence electrons. The highest BCUT2D eigenvalue weighted by molar-refractivity contribution is 5.80. The van der Waals surface area contributed by atoms with Crippen LogP contribution in [0.1, 0.15) is 30.7 Å². The average molecular weight is 302 g/mol. The first-order valence-corrected chi connectivity index (χ1v) is 7.94. The summed E-state index contributed by atoms with van der Waals surface area (Å²) in [5.74, 6) is 1.15. The predicted molar refractivity (Wildman–Crippen MR) is 93.9 cm³/mol. The van der Waals surface area contributed by atoms with Gasteiger partial charge in [-0.3, -0.25) is 0 Å². The number of nitrogens with zero attached hydrogens (tertiary/aromatic N) is 1. The van der Waals surface area contributed by atoms with E-state index in [0.29, 0.717) is 5.76 Å². The molecule has 23 heavy (non-hydrogen) atoms. The number of hydrogen-bond donors (Lipinski definition) is 2. The van der Waals surface area contributed by atoms with Gasteiger partial charge in [0.05, 0.1) is 11.0 Å². The van der Waals surface area contributed by atoms with Crippen LogP contribution in [-0.2, 0) is 0 Å². The van der Waals surface area contributed by atoms with Gasteiger partial charge < -0.3 is 10.1 Å². The van der Waals surface area contributed by atoms with Crippen molar-refractivity contribution in [2.24, 2.45) is 0 Å². The van der Waals surface area contributed by atoms with E-state index >= 15 is 0 Å². The first kappa shape index (κ1) is 13.8. The number of rotatable bonds is 2. The van der Waals surface area contributed by atoms with Crippen LogP contribution in [0, 0.1) is 0 Å². The summed E-state index contributed by atoms with van der Waals surface area (Å²) in [7, 11) is 0. The summed E-state index contributed by atoms with van der Waals surface area (Å²) in [4.78, 5) is 7.95. The van der Waals surface area contributed by atoms with Gasteiger partial charge in [-0.15, -0.1) is 0 Å². The topological polar surface area (TPSA) is 48.9 Å². The number of fused-ring (bicyclic) bond motifs is 1. The number of aliphatic hydroxyl groups is 1. The Bertz CT molecular complexity index is 871. The number of allylic oxidation sites excluding steroid dienone is 2. The smallest absolute Gasteiger partial charge is 0.138 e. The fourth-order valence-corrected chi connectivity index (χ4v) is 3.10. The second-order valence-corrected chi connectivity index (χ2v) is 5.86. The molecule has 0 spiro atoms. The third kappa shape index (κ3) is 2.66. The summed E-state index contributed by atoms with van der Waals surface area (Å²) in [6.07, 6.45) is 4.83. The molecule has 0 saturated carbocycles. The van der Waals surface area contributed by atoms with Crippen molar-refractivity contribution in [1.82, 2.24) is 9.97 Å². The Morgan fingerprint density at radius 2 is 1.74 bits per heavy atom. The molecule has 3 heteroatoms. The molecule has 3 aromatic rings. The molecule has 0 unspecified atom stereocenters. The molecule has 2 aromatic carbocycles. The van der Waals surface area contributed by atoms with Gasteiger partial charge in [0, 0.05) is 5.57 Å². The van der Waals surface area contributed by atoms with Crippen LogP contribution in [0.2, 0.25) is 0 Å². The Balaban J connectivity index is 1.77. The van der Waals surface area contributed by atoms with Crippen LogP contribution in [0.5, 0.6) is 0 Å². The fraction of sp³-hybridized carbons (Fsp3) is 0.150. The van der Waals surface area contributed by atoms with Crippen LogP contribution in [0.4, 0.5) is 0 Å². The second kappa shape index (κ2) is 5.76. The monoisotopic (exact) mass is 302 g/mol. The van der Waals surface area contributed by atoms with E-state index in [4.69, 9.17) is 0 Å². The van der Waals surface area contributed by atoms with E-state index in [0.717, 1.165) is 52.8 Å². The lowest BCUT2D eigenvalue weighted by molar-refractivity contribution is 0.413. The number of H-pyrrole nitrogens is 1. The lowest BCUT2D eigenvalue weighted by Gasteiger charge is -2.17. The maximum Gasteiger partial charge on any atom is 0.138 e. The second-order valence-electron chi connectivity index (χ2n) is 5.86. The molecule has 0 radical (unpaired) electrons. The zero-order valence-corrected chi connectivity index (χ0v) is 12.8. The van der Waals surface area contributed by atoms with Gasteiger partial charge in [0.1, 0.15) is 11.6 Å². The van der Waals surface area contributed by atoms with Crippen molar-refractivity contribution in [1.29, 1.82) is 0 Å². The Morgan fingerprint density at radius 1 is 0.957 bits per heavy atom. The molecule has 0 bridgehead atoms. The maximum absolute atomic E-state index is 10.7. The summed E-state index contributed by atoms with van der Waals surface area (Å²) in [5.41, 5.74) is 4.94. The third-order valence-corrected chi connectivity index (χ3v) is 4.28. The molecular formula is C20H18N2O. The Kier molecular flexibility index (Phi) is 3.46. The number of imidazole rings is 1. The highest BCUT2D eigenvalue weighted by Gasteiger charge is 2.20. The van der Waals surface area contributed by atoms with Crippen molar-refractivity contribution < 1.29 is 5.11 Å². The SMILES string of the molecule is OC1=C(c2nc3ccccc3[nH]2)CCC/C1=C\c1ccccc1. The summed E-state index contributed by atoms with van der Waals surface area (Å²) >= 11 is 0. The number of aromatic nitrogens is 2. The molecule has 1 aromatic heterocycles. The molecule has 1 aliphatic rings. The van der Waals surface area contributed by atoms with Crippen LogP contribution >= 0.6 is 0 Å². The first-order valence-electron chi connectivity index (χ1n) is 7.94. The highest BCUT2D eigenvalue weighted by atomic mass is 16.3. The number of para-hydroxylation sites is 2. The Labute approximate surface area is 135 Å². The first-order chi connectivity index (χ1) is 11.3. The molecule has 0 amide bonds. The minimum Gasteiger partial charge on any atom is -0.507 e. The fourth-order valence-electron chi connectivity index (χ4n) is 3.10. The largest absolute Gasteiger partial charge is 0.507 e. The molecule has 0 atom stereocenters. The van der Waals surface area contributed by atoms with Gasteiger partial charge in [0.2, 0.25) is 0 Å². The number of nitrogens with one attached hydrogen (secondary N) is 1. The normalized spacial score (nSPS) is 17.1. The lowest BCUT2D eigenvalue weighted by atomic mass is 9.91. The van der Waals surface area contributed by atoms with Crippen LogP contribution in [-0.4, -0.2) is 15.1 Å². The molecule has 1 aliphatic carbocycles. The van der Waals surface area contributed by atoms with E-state index in [1.165, 1.54) is 0 Å². The van der Waals surface area contributed by atoms with Gasteiger partial charge in [0.15, 0.2) is 0 Å². The molecule has 1 heterocycles. The summed E-state index contributed by atoms with van der Waals surface area (Å²) in [6, 6.07) is 18.1. The van der Waals surface area contributed by atoms with Crippen molar-refractivity contribution in [3.05, 3.63) is 77.3 Å². The Morgan fingerprint density at radius 3 is 2.57 bits per heavy atom. The van der Waals surface area contributed by atoms with E-state index in [9.17, 15) is 5.11 Å². The van der Waals surface area contributed by atoms with Crippen molar-refractivity contribution in [3.63, 3.8) is 0 Å². The van der Waals surface area contributed by atoms with Crippen LogP contribution in [0.3, 0.4) is 0 Å². The van der Waals surface area contributed by atoms with E-state index in [1.807, 2.05) is 42.5 Å². The zero-order chi connectivity index (χ0) is 15.6. The molecule has 0 saturated heterocycles. The van der Waals surface area contributed by atoms with Crippen molar-refractivity contribution in [2.75, 3.05) is 0 Å². The molecule has 0 aliphatic heterocycles. The van der Waals surface area contributed by atoms with Gasteiger partial charge in [-0.2, -0.15) is 0 Å². The van der Waals surface area contributed by atoms with Crippen LogP contribution < -0.4 is 0 Å². The van der Waals surface area contributed by atoms with E-state index in [-0.39, 0.29) is 0 Å². The zero-order valence-electron chi connectivity index (χ0n) is 12.8. The molecule has 4 rings (SSSR count). The highest BCUT2D eigenvalue weighted by Crippen LogP contribution is 2.34. The minimum atomic E-state index is 0.374. The standard InChI is InChI=1S/C20H18N2O/c23-19-15(13-14-7-2-1-3-8-14)9-6-10-16(19)20-21-17-11-4-5-12-18(17)22-20/h1-5,7-8,11-13,23H,6,9-10H2,(H,21,22)/b15-13+. The van der Waals surface area contributed by atoms with E-state index in [1.54, 1.807) is 0 Å². The summed E-state index contributed by atoms with van der Waals surface area (Å²) < 4.78 is 0. The predicted octanol–water partition coefficient (Wildman–Crippen LogP) is 5.10. The van der Waals surface area contributed by atoms with Crippen molar-refractivity contribution >= 4 is 22.7 Å². The number of benzene rings is 2. The van der Waals surface area contributed by atoms with Gasteiger partial charge in [-0.25, -0.2) is 4.98 Å². The molecule has 3 nitrogen and oxygen atoms in total. The molecule has 2 N–H and O–H groups in total. The lowest BCUT2D eigenvalue weighted by Crippen LogP contribution is -2.03. The molecular weight excluding hydrogens is 284 g/mol. The van der Waals surface area contributed by atoms with Crippen molar-refractivity contribution in [3.8, 4) is 0 Å². The van der Waals surface area contributed by atoms with E-state index < -0.39 is 0 Å². The summed E-state index contributed by atoms with van der Waals surface area (Å²) in [5, 5.41) is 10.7. The Hall–Kier alpha value is -2.81. The van der Waals surface area contributed by atoms with Gasteiger partial charge >= 0.3 is 0 Å². The quantitative estimate of drug-likeness (QED) is 0.692. The van der Waals surface area contributed by atoms with Gasteiger partial charge in [-0.05, 0) is 48.6 Å². The average Bonchev–Trinajstić information content (AvgIpc) is 3.01. The molecule has 0 fully saturated rings. The third-order valence-electron chi connectivity index (χ3n) is 4.28. The van der Waals surface area contributed by atoms with E-state index in [2.05, 4.69) is 28.2 Å². The number of aliphatic hydroxyl groups excluding tert-OH is 1. The maximum atomic E-state index is 10.7. The minimum absolute atomic E-state index is 0.374. The summed E-state index contributed by atoms with van der Waals surface area (Å²) in [6.45, 7) is 0. The number of aromatic amines is 1. The number of hydrogen-bond acceptors (Lipinski definition) is 2. The van der Waals surface area contributed by atoms with Crippen LogP contribution in [0.15, 0.2) is 65.9 Å². The van der Waals surface area contributed by atoms with Crippen molar-refractivity contribution in [2.45, 2.75) is 19.3 Å². The van der Waals surface area contributed by atoms with Gasteiger partial charge in [-0.1, -0.05) is 42.5 Å².